The van der Waals surface area contributed by atoms with E-state index < -0.39 is 28.5 Å². The first-order valence-electron chi connectivity index (χ1n) is 10.9. The van der Waals surface area contributed by atoms with Crippen LogP contribution in [0.5, 0.6) is 0 Å². The molecule has 7 nitrogen and oxygen atoms in total. The molecule has 0 bridgehead atoms. The minimum atomic E-state index is -3.78. The first-order chi connectivity index (χ1) is 15.8. The molecule has 0 aliphatic heterocycles. The van der Waals surface area contributed by atoms with Gasteiger partial charge in [-0.2, -0.15) is 0 Å². The van der Waals surface area contributed by atoms with Gasteiger partial charge in [-0.05, 0) is 62.1 Å². The maximum Gasteiger partial charge on any atom is 0.244 e. The van der Waals surface area contributed by atoms with Crippen molar-refractivity contribution in [2.24, 2.45) is 0 Å². The average molecular weight is 529 g/mol. The van der Waals surface area contributed by atoms with Gasteiger partial charge in [0, 0.05) is 13.1 Å². The van der Waals surface area contributed by atoms with Gasteiger partial charge >= 0.3 is 0 Å². The van der Waals surface area contributed by atoms with E-state index in [0.29, 0.717) is 33.4 Å². The number of sulfonamides is 1. The number of amides is 2. The van der Waals surface area contributed by atoms with E-state index in [-0.39, 0.29) is 12.5 Å². The molecular weight excluding hydrogens is 497 g/mol. The van der Waals surface area contributed by atoms with Gasteiger partial charge in [-0.1, -0.05) is 48.3 Å². The molecule has 0 aliphatic carbocycles. The van der Waals surface area contributed by atoms with Gasteiger partial charge in [0.1, 0.15) is 12.6 Å². The molecule has 0 spiro atoms. The predicted octanol–water partition coefficient (Wildman–Crippen LogP) is 4.32. The summed E-state index contributed by atoms with van der Waals surface area (Å²) in [6, 6.07) is 9.52. The van der Waals surface area contributed by atoms with Crippen LogP contribution < -0.4 is 9.62 Å². The molecule has 0 saturated carbocycles. The highest BCUT2D eigenvalue weighted by atomic mass is 35.5. The summed E-state index contributed by atoms with van der Waals surface area (Å²) in [7, 11) is -3.78. The molecule has 0 fully saturated rings. The Morgan fingerprint density at radius 1 is 1.06 bits per heavy atom. The van der Waals surface area contributed by atoms with Gasteiger partial charge in [0.15, 0.2) is 0 Å². The number of benzene rings is 2. The first-order valence-corrected chi connectivity index (χ1v) is 13.5. The number of nitrogens with zero attached hydrogens (tertiary/aromatic N) is 2. The smallest absolute Gasteiger partial charge is 0.244 e. The fraction of sp³-hybridized carbons (Fsp3) is 0.417. The van der Waals surface area contributed by atoms with Gasteiger partial charge in [0.05, 0.1) is 22.0 Å². The highest BCUT2D eigenvalue weighted by Crippen LogP contribution is 2.26. The molecule has 0 radical (unpaired) electrons. The molecule has 0 aliphatic rings. The molecule has 2 rings (SSSR count). The summed E-state index contributed by atoms with van der Waals surface area (Å²) in [5.74, 6) is -0.843. The summed E-state index contributed by atoms with van der Waals surface area (Å²) in [6.45, 7) is 7.25. The summed E-state index contributed by atoms with van der Waals surface area (Å²) in [6.07, 6.45) is 1.80. The lowest BCUT2D eigenvalue weighted by Gasteiger charge is -2.32. The number of aryl methyl sites for hydroxylation is 2. The number of hydrogen-bond acceptors (Lipinski definition) is 4. The third-order valence-electron chi connectivity index (χ3n) is 5.37. The number of nitrogens with one attached hydrogen (secondary N) is 1. The monoisotopic (exact) mass is 527 g/mol. The molecule has 0 saturated heterocycles. The molecular formula is C24H31Cl2N3O4S. The fourth-order valence-electron chi connectivity index (χ4n) is 3.40. The molecule has 0 aromatic heterocycles. The Labute approximate surface area is 212 Å². The van der Waals surface area contributed by atoms with Crippen molar-refractivity contribution in [2.45, 2.75) is 46.7 Å². The molecule has 2 aromatic carbocycles. The molecule has 1 atom stereocenters. The number of carbonyl (C=O) groups excluding carboxylic acids is 2. The van der Waals surface area contributed by atoms with E-state index in [4.69, 9.17) is 23.2 Å². The summed E-state index contributed by atoms with van der Waals surface area (Å²) in [5, 5.41) is 3.49. The predicted molar refractivity (Wildman–Crippen MR) is 138 cm³/mol. The van der Waals surface area contributed by atoms with Crippen molar-refractivity contribution < 1.29 is 18.0 Å². The summed E-state index contributed by atoms with van der Waals surface area (Å²) in [4.78, 5) is 27.6. The van der Waals surface area contributed by atoms with E-state index >= 15 is 0 Å². The van der Waals surface area contributed by atoms with Gasteiger partial charge < -0.3 is 10.2 Å². The SMILES string of the molecule is CCCNC(=O)C(C)N(Cc1ccc(Cl)c(Cl)c1)C(=O)CN(c1cc(C)ccc1C)S(C)(=O)=O. The number of carbonyl (C=O) groups is 2. The van der Waals surface area contributed by atoms with Crippen LogP contribution in [0.4, 0.5) is 5.69 Å². The molecule has 2 aromatic rings. The zero-order chi connectivity index (χ0) is 25.6. The van der Waals surface area contributed by atoms with Gasteiger partial charge in [-0.3, -0.25) is 13.9 Å². The van der Waals surface area contributed by atoms with E-state index in [1.54, 1.807) is 38.1 Å². The Balaban J connectivity index is 2.44. The van der Waals surface area contributed by atoms with E-state index in [9.17, 15) is 18.0 Å². The minimum Gasteiger partial charge on any atom is -0.354 e. The quantitative estimate of drug-likeness (QED) is 0.498. The third kappa shape index (κ3) is 7.35. The molecule has 0 heterocycles. The summed E-state index contributed by atoms with van der Waals surface area (Å²) < 4.78 is 26.4. The van der Waals surface area contributed by atoms with Crippen molar-refractivity contribution in [2.75, 3.05) is 23.7 Å². The Bertz CT molecular complexity index is 1150. The van der Waals surface area contributed by atoms with Crippen LogP contribution in [0.15, 0.2) is 36.4 Å². The zero-order valence-electron chi connectivity index (χ0n) is 20.1. The van der Waals surface area contributed by atoms with Crippen molar-refractivity contribution >= 4 is 50.7 Å². The number of hydrogen-bond donors (Lipinski definition) is 1. The summed E-state index contributed by atoms with van der Waals surface area (Å²) in [5.41, 5.74) is 2.67. The Hall–Kier alpha value is -2.29. The molecule has 1 unspecified atom stereocenters. The largest absolute Gasteiger partial charge is 0.354 e. The average Bonchev–Trinajstić information content (AvgIpc) is 2.76. The second kappa shape index (κ2) is 11.9. The van der Waals surface area contributed by atoms with E-state index in [1.807, 2.05) is 26.0 Å². The van der Waals surface area contributed by atoms with Gasteiger partial charge in [-0.15, -0.1) is 0 Å². The minimum absolute atomic E-state index is 0.0564. The number of halogens is 2. The topological polar surface area (TPSA) is 86.8 Å². The van der Waals surface area contributed by atoms with Gasteiger partial charge in [0.2, 0.25) is 21.8 Å². The molecule has 186 valence electrons. The lowest BCUT2D eigenvalue weighted by Crippen LogP contribution is -2.51. The second-order valence-electron chi connectivity index (χ2n) is 8.30. The van der Waals surface area contributed by atoms with Crippen molar-refractivity contribution in [1.29, 1.82) is 0 Å². The van der Waals surface area contributed by atoms with Crippen LogP contribution in [0, 0.1) is 13.8 Å². The summed E-state index contributed by atoms with van der Waals surface area (Å²) >= 11 is 12.2. The van der Waals surface area contributed by atoms with Crippen LogP contribution in [0.3, 0.4) is 0 Å². The number of rotatable bonds is 10. The van der Waals surface area contributed by atoms with Crippen LogP contribution in [0.25, 0.3) is 0 Å². The van der Waals surface area contributed by atoms with Crippen molar-refractivity contribution in [3.63, 3.8) is 0 Å². The van der Waals surface area contributed by atoms with Crippen LogP contribution in [0.1, 0.15) is 37.0 Å². The van der Waals surface area contributed by atoms with Gasteiger partial charge in [0.25, 0.3) is 0 Å². The Morgan fingerprint density at radius 3 is 2.32 bits per heavy atom. The van der Waals surface area contributed by atoms with E-state index in [2.05, 4.69) is 5.32 Å². The lowest BCUT2D eigenvalue weighted by atomic mass is 10.1. The zero-order valence-corrected chi connectivity index (χ0v) is 22.4. The van der Waals surface area contributed by atoms with E-state index in [1.165, 1.54) is 4.90 Å². The standard InChI is InChI=1S/C24H31Cl2N3O4S/c1-6-11-27-24(31)18(4)28(14-19-9-10-20(25)21(26)13-19)23(30)15-29(34(5,32)33)22-12-16(2)7-8-17(22)3/h7-10,12-13,18H,6,11,14-15H2,1-5H3,(H,27,31). The van der Waals surface area contributed by atoms with Crippen LogP contribution >= 0.6 is 23.2 Å². The van der Waals surface area contributed by atoms with Crippen LogP contribution in [0.2, 0.25) is 10.0 Å². The van der Waals surface area contributed by atoms with E-state index in [0.717, 1.165) is 22.5 Å². The fourth-order valence-corrected chi connectivity index (χ4v) is 4.62. The Kier molecular flexibility index (Phi) is 9.79. The van der Waals surface area contributed by atoms with Gasteiger partial charge in [-0.25, -0.2) is 8.42 Å². The third-order valence-corrected chi connectivity index (χ3v) is 7.23. The lowest BCUT2D eigenvalue weighted by molar-refractivity contribution is -0.139. The molecule has 34 heavy (non-hydrogen) atoms. The van der Waals surface area contributed by atoms with Crippen LogP contribution in [-0.2, 0) is 26.2 Å². The first kappa shape index (κ1) is 28.0. The highest BCUT2D eigenvalue weighted by molar-refractivity contribution is 7.92. The number of anilines is 1. The van der Waals surface area contributed by atoms with Crippen molar-refractivity contribution in [1.82, 2.24) is 10.2 Å². The molecule has 10 heteroatoms. The Morgan fingerprint density at radius 2 is 1.74 bits per heavy atom. The molecule has 2 amide bonds. The maximum atomic E-state index is 13.5. The van der Waals surface area contributed by atoms with Crippen molar-refractivity contribution in [3.05, 3.63) is 63.1 Å². The highest BCUT2D eigenvalue weighted by Gasteiger charge is 2.30. The van der Waals surface area contributed by atoms with Crippen molar-refractivity contribution in [3.8, 4) is 0 Å². The molecule has 1 N–H and O–H groups in total. The second-order valence-corrected chi connectivity index (χ2v) is 11.0. The normalized spacial score (nSPS) is 12.2. The van der Waals surface area contributed by atoms with Crippen LogP contribution in [-0.4, -0.2) is 50.5 Å². The maximum absolute atomic E-state index is 13.5.